The summed E-state index contributed by atoms with van der Waals surface area (Å²) in [6, 6.07) is 8.55. The van der Waals surface area contributed by atoms with E-state index < -0.39 is 0 Å². The topological polar surface area (TPSA) is 32.5 Å². The van der Waals surface area contributed by atoms with Crippen molar-refractivity contribution in [3.63, 3.8) is 0 Å². The molecule has 76 valence electrons. The van der Waals surface area contributed by atoms with Crippen LogP contribution in [0.1, 0.15) is 11.1 Å². The molecule has 14 heavy (non-hydrogen) atoms. The lowest BCUT2D eigenvalue weighted by atomic mass is 10.1. The van der Waals surface area contributed by atoms with E-state index in [1.807, 2.05) is 0 Å². The Hall–Kier alpha value is -0.900. The Morgan fingerprint density at radius 1 is 1.14 bits per heavy atom. The first-order valence-electron chi connectivity index (χ1n) is 4.97. The van der Waals surface area contributed by atoms with Crippen LogP contribution in [0, 0.1) is 0 Å². The molecule has 3 heteroatoms. The van der Waals surface area contributed by atoms with Crippen LogP contribution in [0.2, 0.25) is 0 Å². The molecule has 2 rings (SSSR count). The first kappa shape index (κ1) is 9.65. The van der Waals surface area contributed by atoms with Crippen LogP contribution in [0.4, 0.5) is 0 Å². The number of nitrogens with two attached hydrogens (primary N) is 1. The van der Waals surface area contributed by atoms with Crippen molar-refractivity contribution in [3.8, 4) is 0 Å². The Bertz CT molecular complexity index is 288. The third-order valence-corrected chi connectivity index (χ3v) is 2.55. The molecule has 1 fully saturated rings. The molecule has 1 aromatic carbocycles. The highest BCUT2D eigenvalue weighted by Crippen LogP contribution is 2.12. The first-order chi connectivity index (χ1) is 6.78. The van der Waals surface area contributed by atoms with Crippen LogP contribution >= 0.6 is 0 Å². The molecule has 3 nitrogen and oxygen atoms in total. The van der Waals surface area contributed by atoms with Gasteiger partial charge in [0.2, 0.25) is 0 Å². The Morgan fingerprint density at radius 2 is 1.71 bits per heavy atom. The van der Waals surface area contributed by atoms with Gasteiger partial charge in [-0.05, 0) is 18.2 Å². The molecule has 1 aliphatic rings. The SMILES string of the molecule is CN1CN(Cc2ccc(CN)cc2)C1. The lowest BCUT2D eigenvalue weighted by Crippen LogP contribution is -2.52. The molecule has 0 unspecified atom stereocenters. The third kappa shape index (κ3) is 2.12. The molecular formula is C11H17N3. The summed E-state index contributed by atoms with van der Waals surface area (Å²) in [4.78, 5) is 4.69. The second-order valence-corrected chi connectivity index (χ2v) is 3.99. The highest BCUT2D eigenvalue weighted by atomic mass is 15.5. The Balaban J connectivity index is 1.90. The molecule has 0 saturated carbocycles. The van der Waals surface area contributed by atoms with Crippen LogP contribution in [0.15, 0.2) is 24.3 Å². The van der Waals surface area contributed by atoms with Crippen molar-refractivity contribution in [2.45, 2.75) is 13.1 Å². The van der Waals surface area contributed by atoms with E-state index >= 15 is 0 Å². The number of hydrogen-bond acceptors (Lipinski definition) is 3. The minimum atomic E-state index is 0.632. The molecule has 1 heterocycles. The van der Waals surface area contributed by atoms with Gasteiger partial charge in [-0.2, -0.15) is 0 Å². The second kappa shape index (κ2) is 4.09. The van der Waals surface area contributed by atoms with Gasteiger partial charge in [-0.25, -0.2) is 0 Å². The van der Waals surface area contributed by atoms with Gasteiger partial charge in [0.1, 0.15) is 0 Å². The fourth-order valence-electron chi connectivity index (χ4n) is 1.78. The molecule has 0 aromatic heterocycles. The van der Waals surface area contributed by atoms with E-state index in [1.165, 1.54) is 11.1 Å². The molecule has 1 aliphatic heterocycles. The largest absolute Gasteiger partial charge is 0.326 e. The van der Waals surface area contributed by atoms with Gasteiger partial charge in [-0.15, -0.1) is 0 Å². The maximum Gasteiger partial charge on any atom is 0.0530 e. The monoisotopic (exact) mass is 191 g/mol. The van der Waals surface area contributed by atoms with Crippen molar-refractivity contribution in [2.24, 2.45) is 5.73 Å². The highest BCUT2D eigenvalue weighted by molar-refractivity contribution is 5.22. The molecule has 1 aromatic rings. The zero-order valence-corrected chi connectivity index (χ0v) is 8.61. The minimum absolute atomic E-state index is 0.632. The molecule has 0 radical (unpaired) electrons. The Kier molecular flexibility index (Phi) is 2.82. The van der Waals surface area contributed by atoms with Crippen molar-refractivity contribution < 1.29 is 0 Å². The molecule has 1 saturated heterocycles. The summed E-state index contributed by atoms with van der Waals surface area (Å²) in [7, 11) is 2.13. The standard InChI is InChI=1S/C11H17N3/c1-13-8-14(9-13)7-11-4-2-10(6-12)3-5-11/h2-5H,6-9,12H2,1H3. The van der Waals surface area contributed by atoms with Crippen LogP contribution in [-0.4, -0.2) is 30.2 Å². The van der Waals surface area contributed by atoms with E-state index in [4.69, 9.17) is 5.73 Å². The average molecular weight is 191 g/mol. The number of hydrogen-bond donors (Lipinski definition) is 1. The van der Waals surface area contributed by atoms with Crippen LogP contribution < -0.4 is 5.73 Å². The quantitative estimate of drug-likeness (QED) is 0.767. The van der Waals surface area contributed by atoms with Crippen molar-refractivity contribution in [1.82, 2.24) is 9.80 Å². The third-order valence-electron chi connectivity index (χ3n) is 2.55. The Morgan fingerprint density at radius 3 is 2.21 bits per heavy atom. The second-order valence-electron chi connectivity index (χ2n) is 3.99. The van der Waals surface area contributed by atoms with Gasteiger partial charge in [0, 0.05) is 13.1 Å². The van der Waals surface area contributed by atoms with Gasteiger partial charge >= 0.3 is 0 Å². The molecule has 2 N–H and O–H groups in total. The van der Waals surface area contributed by atoms with Gasteiger partial charge < -0.3 is 5.73 Å². The number of benzene rings is 1. The minimum Gasteiger partial charge on any atom is -0.326 e. The Labute approximate surface area is 85.1 Å². The molecular weight excluding hydrogens is 174 g/mol. The average Bonchev–Trinajstić information content (AvgIpc) is 2.17. The van der Waals surface area contributed by atoms with E-state index in [1.54, 1.807) is 0 Å². The molecule has 0 atom stereocenters. The summed E-state index contributed by atoms with van der Waals surface area (Å²) in [5.41, 5.74) is 8.11. The lowest BCUT2D eigenvalue weighted by molar-refractivity contribution is -0.0153. The fourth-order valence-corrected chi connectivity index (χ4v) is 1.78. The summed E-state index contributed by atoms with van der Waals surface area (Å²) >= 11 is 0. The van der Waals surface area contributed by atoms with Crippen LogP contribution in [0.3, 0.4) is 0 Å². The first-order valence-corrected chi connectivity index (χ1v) is 4.97. The van der Waals surface area contributed by atoms with Gasteiger partial charge in [-0.3, -0.25) is 9.80 Å². The smallest absolute Gasteiger partial charge is 0.0530 e. The summed E-state index contributed by atoms with van der Waals surface area (Å²) in [5.74, 6) is 0. The summed E-state index contributed by atoms with van der Waals surface area (Å²) < 4.78 is 0. The summed E-state index contributed by atoms with van der Waals surface area (Å²) in [6.07, 6.45) is 0. The van der Waals surface area contributed by atoms with Crippen LogP contribution in [0.5, 0.6) is 0 Å². The van der Waals surface area contributed by atoms with Crippen molar-refractivity contribution in [2.75, 3.05) is 20.4 Å². The molecule has 0 bridgehead atoms. The van der Waals surface area contributed by atoms with Gasteiger partial charge in [-0.1, -0.05) is 24.3 Å². The number of nitrogens with zero attached hydrogens (tertiary/aromatic N) is 2. The van der Waals surface area contributed by atoms with Gasteiger partial charge in [0.15, 0.2) is 0 Å². The van der Waals surface area contributed by atoms with Gasteiger partial charge in [0.05, 0.1) is 13.3 Å². The maximum atomic E-state index is 5.54. The van der Waals surface area contributed by atoms with Crippen molar-refractivity contribution in [1.29, 1.82) is 0 Å². The zero-order valence-electron chi connectivity index (χ0n) is 8.61. The molecule has 0 amide bonds. The van der Waals surface area contributed by atoms with Crippen LogP contribution in [-0.2, 0) is 13.1 Å². The predicted octanol–water partition coefficient (Wildman–Crippen LogP) is 0.808. The highest BCUT2D eigenvalue weighted by Gasteiger charge is 2.19. The van der Waals surface area contributed by atoms with Crippen molar-refractivity contribution >= 4 is 0 Å². The van der Waals surface area contributed by atoms with E-state index in [0.29, 0.717) is 6.54 Å². The van der Waals surface area contributed by atoms with E-state index in [2.05, 4.69) is 41.1 Å². The summed E-state index contributed by atoms with van der Waals surface area (Å²) in [5, 5.41) is 0. The number of rotatable bonds is 3. The van der Waals surface area contributed by atoms with Gasteiger partial charge in [0.25, 0.3) is 0 Å². The van der Waals surface area contributed by atoms with E-state index in [9.17, 15) is 0 Å². The lowest BCUT2D eigenvalue weighted by Gasteiger charge is -2.39. The maximum absolute atomic E-state index is 5.54. The normalized spacial score (nSPS) is 18.1. The molecule has 0 aliphatic carbocycles. The molecule has 0 spiro atoms. The summed E-state index contributed by atoms with van der Waals surface area (Å²) in [6.45, 7) is 3.85. The fraction of sp³-hybridized carbons (Fsp3) is 0.455. The van der Waals surface area contributed by atoms with E-state index in [0.717, 1.165) is 19.9 Å². The van der Waals surface area contributed by atoms with Crippen LogP contribution in [0.25, 0.3) is 0 Å². The van der Waals surface area contributed by atoms with Crippen molar-refractivity contribution in [3.05, 3.63) is 35.4 Å². The predicted molar refractivity (Wildman–Crippen MR) is 57.4 cm³/mol. The van der Waals surface area contributed by atoms with E-state index in [-0.39, 0.29) is 0 Å². The zero-order chi connectivity index (χ0) is 9.97.